The van der Waals surface area contributed by atoms with E-state index in [1.54, 1.807) is 0 Å². The second kappa shape index (κ2) is 4.65. The van der Waals surface area contributed by atoms with Crippen molar-refractivity contribution in [2.75, 3.05) is 6.61 Å². The van der Waals surface area contributed by atoms with E-state index in [1.165, 1.54) is 5.56 Å². The zero-order chi connectivity index (χ0) is 13.4. The molecule has 1 saturated heterocycles. The molecule has 3 heteroatoms. The van der Waals surface area contributed by atoms with Gasteiger partial charge in [0.25, 0.3) is 0 Å². The standard InChI is InChI=1S/C15H23NO2/c1-5-12-7-6-8-13(9-12)15(17)11(2)16-14(3,4)10-18-15/h6-9,11,16-17H,5,10H2,1-4H3. The van der Waals surface area contributed by atoms with Gasteiger partial charge < -0.3 is 15.2 Å². The van der Waals surface area contributed by atoms with Gasteiger partial charge in [-0.2, -0.15) is 0 Å². The molecular formula is C15H23NO2. The van der Waals surface area contributed by atoms with E-state index in [9.17, 15) is 5.11 Å². The topological polar surface area (TPSA) is 41.5 Å². The van der Waals surface area contributed by atoms with Gasteiger partial charge in [0.2, 0.25) is 5.79 Å². The van der Waals surface area contributed by atoms with Crippen LogP contribution in [-0.4, -0.2) is 23.3 Å². The Balaban J connectivity index is 2.30. The van der Waals surface area contributed by atoms with E-state index in [-0.39, 0.29) is 11.6 Å². The van der Waals surface area contributed by atoms with Crippen molar-refractivity contribution in [1.82, 2.24) is 5.32 Å². The van der Waals surface area contributed by atoms with Crippen LogP contribution in [0.3, 0.4) is 0 Å². The number of hydrogen-bond donors (Lipinski definition) is 2. The monoisotopic (exact) mass is 249 g/mol. The molecule has 0 aromatic heterocycles. The van der Waals surface area contributed by atoms with Gasteiger partial charge in [0, 0.05) is 11.1 Å². The van der Waals surface area contributed by atoms with Crippen molar-refractivity contribution >= 4 is 0 Å². The Kier molecular flexibility index (Phi) is 3.49. The van der Waals surface area contributed by atoms with Gasteiger partial charge in [-0.25, -0.2) is 0 Å². The zero-order valence-corrected chi connectivity index (χ0v) is 11.7. The lowest BCUT2D eigenvalue weighted by Gasteiger charge is -2.46. The molecule has 1 fully saturated rings. The van der Waals surface area contributed by atoms with E-state index in [1.807, 2.05) is 25.1 Å². The molecular weight excluding hydrogens is 226 g/mol. The lowest BCUT2D eigenvalue weighted by atomic mass is 9.91. The predicted octanol–water partition coefficient (Wildman–Crippen LogP) is 2.18. The molecule has 2 unspecified atom stereocenters. The SMILES string of the molecule is CCc1cccc(C2(O)OCC(C)(C)NC2C)c1. The summed E-state index contributed by atoms with van der Waals surface area (Å²) in [6, 6.07) is 7.85. The Morgan fingerprint density at radius 1 is 1.44 bits per heavy atom. The predicted molar refractivity (Wildman–Crippen MR) is 72.3 cm³/mol. The number of morpholine rings is 1. The molecule has 2 atom stereocenters. The van der Waals surface area contributed by atoms with Crippen LogP contribution in [0, 0.1) is 0 Å². The third-order valence-electron chi connectivity index (χ3n) is 3.60. The van der Waals surface area contributed by atoms with Gasteiger partial charge in [0.05, 0.1) is 12.6 Å². The molecule has 1 heterocycles. The van der Waals surface area contributed by atoms with Gasteiger partial charge in [0.1, 0.15) is 0 Å². The quantitative estimate of drug-likeness (QED) is 0.844. The Morgan fingerprint density at radius 2 is 2.17 bits per heavy atom. The third kappa shape index (κ3) is 2.44. The highest BCUT2D eigenvalue weighted by Gasteiger charge is 2.44. The van der Waals surface area contributed by atoms with Gasteiger partial charge in [-0.15, -0.1) is 0 Å². The van der Waals surface area contributed by atoms with Crippen molar-refractivity contribution in [2.45, 2.75) is 51.5 Å². The maximum atomic E-state index is 10.8. The maximum absolute atomic E-state index is 10.8. The Labute approximate surface area is 109 Å². The Morgan fingerprint density at radius 3 is 2.78 bits per heavy atom. The van der Waals surface area contributed by atoms with E-state index in [2.05, 4.69) is 32.2 Å². The highest BCUT2D eigenvalue weighted by molar-refractivity contribution is 5.28. The number of ether oxygens (including phenoxy) is 1. The molecule has 2 rings (SSSR count). The molecule has 0 aliphatic carbocycles. The van der Waals surface area contributed by atoms with E-state index in [0.29, 0.717) is 6.61 Å². The second-order valence-corrected chi connectivity index (χ2v) is 5.79. The van der Waals surface area contributed by atoms with Gasteiger partial charge >= 0.3 is 0 Å². The fraction of sp³-hybridized carbons (Fsp3) is 0.600. The van der Waals surface area contributed by atoms with Gasteiger partial charge in [-0.3, -0.25) is 0 Å². The highest BCUT2D eigenvalue weighted by atomic mass is 16.6. The summed E-state index contributed by atoms with van der Waals surface area (Å²) in [4.78, 5) is 0. The normalized spacial score (nSPS) is 31.3. The summed E-state index contributed by atoms with van der Waals surface area (Å²) in [5.41, 5.74) is 1.94. The summed E-state index contributed by atoms with van der Waals surface area (Å²) >= 11 is 0. The molecule has 0 spiro atoms. The Bertz CT molecular complexity index is 430. The molecule has 1 aliphatic heterocycles. The van der Waals surface area contributed by atoms with Crippen LogP contribution in [0.5, 0.6) is 0 Å². The summed E-state index contributed by atoms with van der Waals surface area (Å²) in [7, 11) is 0. The lowest BCUT2D eigenvalue weighted by Crippen LogP contribution is -2.63. The van der Waals surface area contributed by atoms with Crippen LogP contribution in [0.4, 0.5) is 0 Å². The third-order valence-corrected chi connectivity index (χ3v) is 3.60. The van der Waals surface area contributed by atoms with Gasteiger partial charge in [0.15, 0.2) is 0 Å². The summed E-state index contributed by atoms with van der Waals surface area (Å²) in [5, 5.41) is 14.2. The van der Waals surface area contributed by atoms with E-state index < -0.39 is 5.79 Å². The van der Waals surface area contributed by atoms with E-state index >= 15 is 0 Å². The molecule has 0 amide bonds. The van der Waals surface area contributed by atoms with E-state index in [4.69, 9.17) is 4.74 Å². The average molecular weight is 249 g/mol. The summed E-state index contributed by atoms with van der Waals surface area (Å²) < 4.78 is 5.77. The van der Waals surface area contributed by atoms with Crippen LogP contribution in [0.25, 0.3) is 0 Å². The van der Waals surface area contributed by atoms with Crippen LogP contribution < -0.4 is 5.32 Å². The molecule has 18 heavy (non-hydrogen) atoms. The van der Waals surface area contributed by atoms with Gasteiger partial charge in [-0.05, 0) is 32.8 Å². The van der Waals surface area contributed by atoms with Crippen LogP contribution >= 0.6 is 0 Å². The maximum Gasteiger partial charge on any atom is 0.208 e. The first-order valence-corrected chi connectivity index (χ1v) is 6.61. The van der Waals surface area contributed by atoms with Crippen LogP contribution in [0.1, 0.15) is 38.8 Å². The second-order valence-electron chi connectivity index (χ2n) is 5.79. The van der Waals surface area contributed by atoms with Crippen molar-refractivity contribution in [3.8, 4) is 0 Å². The van der Waals surface area contributed by atoms with Crippen molar-refractivity contribution in [3.63, 3.8) is 0 Å². The molecule has 1 aromatic carbocycles. The first kappa shape index (κ1) is 13.5. The van der Waals surface area contributed by atoms with Gasteiger partial charge in [-0.1, -0.05) is 31.2 Å². The van der Waals surface area contributed by atoms with Crippen molar-refractivity contribution in [1.29, 1.82) is 0 Å². The minimum Gasteiger partial charge on any atom is -0.361 e. The summed E-state index contributed by atoms with van der Waals surface area (Å²) in [6.07, 6.45) is 0.956. The minimum atomic E-state index is -1.24. The molecule has 0 radical (unpaired) electrons. The molecule has 1 aromatic rings. The van der Waals surface area contributed by atoms with Crippen molar-refractivity contribution in [2.24, 2.45) is 0 Å². The van der Waals surface area contributed by atoms with Crippen molar-refractivity contribution < 1.29 is 9.84 Å². The van der Waals surface area contributed by atoms with Crippen LogP contribution in [0.2, 0.25) is 0 Å². The summed E-state index contributed by atoms with van der Waals surface area (Å²) in [5.74, 6) is -1.24. The number of rotatable bonds is 2. The van der Waals surface area contributed by atoms with Crippen molar-refractivity contribution in [3.05, 3.63) is 35.4 Å². The number of hydrogen-bond acceptors (Lipinski definition) is 3. The number of benzene rings is 1. The number of aliphatic hydroxyl groups is 1. The number of nitrogens with one attached hydrogen (secondary N) is 1. The van der Waals surface area contributed by atoms with E-state index in [0.717, 1.165) is 12.0 Å². The fourth-order valence-corrected chi connectivity index (χ4v) is 2.49. The molecule has 3 nitrogen and oxygen atoms in total. The smallest absolute Gasteiger partial charge is 0.208 e. The molecule has 0 bridgehead atoms. The first-order chi connectivity index (χ1) is 8.37. The minimum absolute atomic E-state index is 0.103. The zero-order valence-electron chi connectivity index (χ0n) is 11.7. The fourth-order valence-electron chi connectivity index (χ4n) is 2.49. The molecule has 2 N–H and O–H groups in total. The highest BCUT2D eigenvalue weighted by Crippen LogP contribution is 2.33. The number of aryl methyl sites for hydroxylation is 1. The molecule has 1 aliphatic rings. The van der Waals surface area contributed by atoms with Crippen LogP contribution in [0.15, 0.2) is 24.3 Å². The average Bonchev–Trinajstić information content (AvgIpc) is 2.34. The molecule has 0 saturated carbocycles. The molecule has 100 valence electrons. The first-order valence-electron chi connectivity index (χ1n) is 6.61. The summed E-state index contributed by atoms with van der Waals surface area (Å²) in [6.45, 7) is 8.70. The lowest BCUT2D eigenvalue weighted by molar-refractivity contribution is -0.263. The Hall–Kier alpha value is -0.900. The largest absolute Gasteiger partial charge is 0.361 e. The van der Waals surface area contributed by atoms with Crippen LogP contribution in [-0.2, 0) is 16.9 Å².